The largest absolute Gasteiger partial charge is 0.323 e. The molecule has 0 spiro atoms. The summed E-state index contributed by atoms with van der Waals surface area (Å²) in [6, 6.07) is 5.64. The molecule has 5 nitrogen and oxygen atoms in total. The van der Waals surface area contributed by atoms with Gasteiger partial charge in [-0.1, -0.05) is 25.0 Å². The van der Waals surface area contributed by atoms with Gasteiger partial charge in [-0.25, -0.2) is 9.59 Å². The van der Waals surface area contributed by atoms with Crippen molar-refractivity contribution in [2.75, 3.05) is 0 Å². The topological polar surface area (TPSA) is 78.1 Å². The second-order valence-corrected chi connectivity index (χ2v) is 4.75. The zero-order valence-electron chi connectivity index (χ0n) is 9.82. The van der Waals surface area contributed by atoms with Gasteiger partial charge in [0, 0.05) is 5.56 Å². The second kappa shape index (κ2) is 3.96. The number of isocyanates is 1. The number of rotatable bonds is 2. The van der Waals surface area contributed by atoms with Crippen LogP contribution < -0.4 is 5.69 Å². The van der Waals surface area contributed by atoms with Gasteiger partial charge in [0.15, 0.2) is 0 Å². The summed E-state index contributed by atoms with van der Waals surface area (Å²) in [7, 11) is 0. The lowest BCUT2D eigenvalue weighted by molar-refractivity contribution is 0.459. The van der Waals surface area contributed by atoms with Crippen molar-refractivity contribution in [1.29, 1.82) is 0 Å². The molecule has 0 amide bonds. The number of aliphatic imine (C=N–C) groups is 1. The number of hydrogen-bond donors (Lipinski definition) is 2. The molecule has 0 unspecified atom stereocenters. The number of nitrogens with zero attached hydrogens (tertiary/aromatic N) is 1. The van der Waals surface area contributed by atoms with E-state index in [0.29, 0.717) is 0 Å². The Morgan fingerprint density at radius 3 is 2.72 bits per heavy atom. The normalized spacial score (nSPS) is 17.8. The van der Waals surface area contributed by atoms with Crippen LogP contribution in [0.15, 0.2) is 28.0 Å². The van der Waals surface area contributed by atoms with Crippen LogP contribution in [0.4, 0.5) is 0 Å². The number of aromatic amines is 2. The number of carbonyl (C=O) groups excluding carboxylic acids is 1. The summed E-state index contributed by atoms with van der Waals surface area (Å²) in [5.41, 5.74) is 1.68. The lowest BCUT2D eigenvalue weighted by atomic mass is 9.88. The predicted octanol–water partition coefficient (Wildman–Crippen LogP) is 1.96. The second-order valence-electron chi connectivity index (χ2n) is 4.75. The average Bonchev–Trinajstić information content (AvgIpc) is 2.94. The molecule has 5 heteroatoms. The molecule has 1 aromatic carbocycles. The van der Waals surface area contributed by atoms with Gasteiger partial charge in [-0.2, -0.15) is 4.99 Å². The molecule has 0 saturated heterocycles. The van der Waals surface area contributed by atoms with Crippen LogP contribution >= 0.6 is 0 Å². The van der Waals surface area contributed by atoms with Crippen LogP contribution in [0.3, 0.4) is 0 Å². The van der Waals surface area contributed by atoms with Gasteiger partial charge in [0.2, 0.25) is 6.08 Å². The van der Waals surface area contributed by atoms with E-state index in [1.54, 1.807) is 6.08 Å². The molecule has 0 aliphatic heterocycles. The summed E-state index contributed by atoms with van der Waals surface area (Å²) in [6.45, 7) is 0. The van der Waals surface area contributed by atoms with E-state index < -0.39 is 5.54 Å². The average molecular weight is 243 g/mol. The third-order valence-electron chi connectivity index (χ3n) is 3.74. The van der Waals surface area contributed by atoms with Gasteiger partial charge in [0.1, 0.15) is 5.54 Å². The first kappa shape index (κ1) is 11.0. The maximum absolute atomic E-state index is 11.4. The van der Waals surface area contributed by atoms with Gasteiger partial charge in [-0.15, -0.1) is 0 Å². The van der Waals surface area contributed by atoms with Crippen LogP contribution in [-0.2, 0) is 10.3 Å². The number of imidazole rings is 1. The molecular weight excluding hydrogens is 230 g/mol. The van der Waals surface area contributed by atoms with Crippen LogP contribution in [0.5, 0.6) is 0 Å². The number of benzene rings is 1. The van der Waals surface area contributed by atoms with Crippen molar-refractivity contribution in [3.63, 3.8) is 0 Å². The molecule has 1 aromatic heterocycles. The fourth-order valence-electron chi connectivity index (χ4n) is 2.93. The van der Waals surface area contributed by atoms with Gasteiger partial charge < -0.3 is 9.97 Å². The molecule has 1 heterocycles. The molecule has 2 aromatic rings. The highest BCUT2D eigenvalue weighted by atomic mass is 16.1. The lowest BCUT2D eigenvalue weighted by Crippen LogP contribution is -2.19. The van der Waals surface area contributed by atoms with Gasteiger partial charge in [0.25, 0.3) is 0 Å². The fraction of sp³-hybridized carbons (Fsp3) is 0.385. The molecule has 1 fully saturated rings. The van der Waals surface area contributed by atoms with Gasteiger partial charge in [-0.3, -0.25) is 0 Å². The summed E-state index contributed by atoms with van der Waals surface area (Å²) in [4.78, 5) is 31.7. The molecule has 3 rings (SSSR count). The number of fused-ring (bicyclic) bond motifs is 1. The zero-order valence-corrected chi connectivity index (χ0v) is 9.82. The molecule has 1 aliphatic rings. The Morgan fingerprint density at radius 2 is 2.00 bits per heavy atom. The van der Waals surface area contributed by atoms with E-state index in [-0.39, 0.29) is 5.69 Å². The minimum Gasteiger partial charge on any atom is -0.306 e. The molecule has 1 saturated carbocycles. The van der Waals surface area contributed by atoms with Crippen molar-refractivity contribution in [3.8, 4) is 0 Å². The predicted molar refractivity (Wildman–Crippen MR) is 67.2 cm³/mol. The van der Waals surface area contributed by atoms with Crippen LogP contribution in [-0.4, -0.2) is 16.0 Å². The zero-order chi connectivity index (χ0) is 12.6. The van der Waals surface area contributed by atoms with Crippen LogP contribution in [0.25, 0.3) is 11.0 Å². The van der Waals surface area contributed by atoms with Crippen LogP contribution in [0.1, 0.15) is 31.2 Å². The monoisotopic (exact) mass is 243 g/mol. The van der Waals surface area contributed by atoms with Crippen molar-refractivity contribution in [3.05, 3.63) is 34.2 Å². The first-order chi connectivity index (χ1) is 8.75. The Hall–Kier alpha value is -2.13. The molecule has 1 aliphatic carbocycles. The first-order valence-electron chi connectivity index (χ1n) is 6.06. The fourth-order valence-corrected chi connectivity index (χ4v) is 2.93. The third-order valence-corrected chi connectivity index (χ3v) is 3.74. The van der Waals surface area contributed by atoms with Crippen molar-refractivity contribution in [1.82, 2.24) is 9.97 Å². The standard InChI is InChI=1S/C13H13N3O2/c17-8-14-13(6-1-2-7-13)9-4-3-5-10-11(9)16-12(18)15-10/h3-5H,1-2,6-7H2,(H2,15,16,18). The Morgan fingerprint density at radius 1 is 1.22 bits per heavy atom. The van der Waals surface area contributed by atoms with Gasteiger partial charge in [0.05, 0.1) is 11.0 Å². The van der Waals surface area contributed by atoms with Gasteiger partial charge >= 0.3 is 5.69 Å². The van der Waals surface area contributed by atoms with Crippen molar-refractivity contribution in [2.24, 2.45) is 4.99 Å². The summed E-state index contributed by atoms with van der Waals surface area (Å²) in [6.07, 6.45) is 5.42. The smallest absolute Gasteiger partial charge is 0.306 e. The van der Waals surface area contributed by atoms with E-state index in [9.17, 15) is 9.59 Å². The van der Waals surface area contributed by atoms with E-state index in [0.717, 1.165) is 42.3 Å². The minimum atomic E-state index is -0.508. The van der Waals surface area contributed by atoms with Crippen molar-refractivity contribution >= 4 is 17.1 Å². The summed E-state index contributed by atoms with van der Waals surface area (Å²) in [5.74, 6) is 0. The summed E-state index contributed by atoms with van der Waals surface area (Å²) < 4.78 is 0. The summed E-state index contributed by atoms with van der Waals surface area (Å²) >= 11 is 0. The molecule has 0 atom stereocenters. The highest BCUT2D eigenvalue weighted by Gasteiger charge is 2.37. The number of aromatic nitrogens is 2. The van der Waals surface area contributed by atoms with Crippen molar-refractivity contribution in [2.45, 2.75) is 31.2 Å². The number of nitrogens with one attached hydrogen (secondary N) is 2. The first-order valence-corrected chi connectivity index (χ1v) is 6.06. The maximum atomic E-state index is 11.4. The Kier molecular flexibility index (Phi) is 2.42. The minimum absolute atomic E-state index is 0.235. The molecule has 0 bridgehead atoms. The van der Waals surface area contributed by atoms with Crippen molar-refractivity contribution < 1.29 is 4.79 Å². The van der Waals surface area contributed by atoms with Gasteiger partial charge in [-0.05, 0) is 18.9 Å². The highest BCUT2D eigenvalue weighted by molar-refractivity contribution is 5.79. The number of hydrogen-bond acceptors (Lipinski definition) is 3. The highest BCUT2D eigenvalue weighted by Crippen LogP contribution is 2.43. The Labute approximate surface area is 103 Å². The number of para-hydroxylation sites is 1. The number of H-pyrrole nitrogens is 2. The van der Waals surface area contributed by atoms with E-state index >= 15 is 0 Å². The van der Waals surface area contributed by atoms with E-state index in [2.05, 4.69) is 15.0 Å². The van der Waals surface area contributed by atoms with E-state index in [1.807, 2.05) is 18.2 Å². The van der Waals surface area contributed by atoms with E-state index in [1.165, 1.54) is 0 Å². The molecular formula is C13H13N3O2. The van der Waals surface area contributed by atoms with E-state index in [4.69, 9.17) is 0 Å². The Bertz CT molecular complexity index is 686. The third kappa shape index (κ3) is 1.52. The maximum Gasteiger partial charge on any atom is 0.323 e. The van der Waals surface area contributed by atoms with Crippen LogP contribution in [0, 0.1) is 0 Å². The SMILES string of the molecule is O=C=NC1(c2cccc3[nH]c(=O)[nH]c23)CCCC1. The molecule has 92 valence electrons. The summed E-state index contributed by atoms with van der Waals surface area (Å²) in [5, 5.41) is 0. The molecule has 0 radical (unpaired) electrons. The quantitative estimate of drug-likeness (QED) is 0.624. The Balaban J connectivity index is 2.29. The molecule has 18 heavy (non-hydrogen) atoms. The molecule has 2 N–H and O–H groups in total. The lowest BCUT2D eigenvalue weighted by Gasteiger charge is -2.23. The van der Waals surface area contributed by atoms with Crippen LogP contribution in [0.2, 0.25) is 0 Å².